The highest BCUT2D eigenvalue weighted by molar-refractivity contribution is 5.74. The van der Waals surface area contributed by atoms with Gasteiger partial charge in [0.1, 0.15) is 5.75 Å². The van der Waals surface area contributed by atoms with E-state index in [2.05, 4.69) is 0 Å². The van der Waals surface area contributed by atoms with Crippen molar-refractivity contribution in [3.63, 3.8) is 0 Å². The van der Waals surface area contributed by atoms with Crippen LogP contribution in [0.1, 0.15) is 25.5 Å². The lowest BCUT2D eigenvalue weighted by atomic mass is 10.0. The number of nitrogens with zero attached hydrogens (tertiary/aromatic N) is 1. The summed E-state index contributed by atoms with van der Waals surface area (Å²) in [6, 6.07) is 7.77. The Morgan fingerprint density at radius 2 is 2.14 bits per heavy atom. The molecule has 0 bridgehead atoms. The second-order valence-corrected chi connectivity index (χ2v) is 3.37. The summed E-state index contributed by atoms with van der Waals surface area (Å²) in [7, 11) is 0. The Morgan fingerprint density at radius 3 is 2.86 bits per heavy atom. The summed E-state index contributed by atoms with van der Waals surface area (Å²) in [5.41, 5.74) is 1.08. The van der Waals surface area contributed by atoms with Crippen LogP contribution in [0.4, 0.5) is 4.79 Å². The number of fused-ring (bicyclic) bond motifs is 1. The number of amides is 1. The molecular formula is C11H13NO2. The molecule has 1 amide bonds. The molecule has 1 aliphatic heterocycles. The van der Waals surface area contributed by atoms with Gasteiger partial charge in [-0.05, 0) is 19.9 Å². The molecule has 1 unspecified atom stereocenters. The monoisotopic (exact) mass is 191 g/mol. The summed E-state index contributed by atoms with van der Waals surface area (Å²) < 4.78 is 5.19. The summed E-state index contributed by atoms with van der Waals surface area (Å²) in [4.78, 5) is 13.2. The number of hydrogen-bond acceptors (Lipinski definition) is 2. The van der Waals surface area contributed by atoms with E-state index in [4.69, 9.17) is 4.74 Å². The third-order valence-corrected chi connectivity index (χ3v) is 2.61. The number of carbonyl (C=O) groups is 1. The van der Waals surface area contributed by atoms with Gasteiger partial charge in [0.2, 0.25) is 0 Å². The molecule has 0 fully saturated rings. The maximum Gasteiger partial charge on any atom is 0.415 e. The lowest BCUT2D eigenvalue weighted by Crippen LogP contribution is -2.39. The molecule has 1 aliphatic rings. The number of para-hydroxylation sites is 1. The second kappa shape index (κ2) is 3.33. The number of rotatable bonds is 1. The molecule has 1 heterocycles. The summed E-state index contributed by atoms with van der Waals surface area (Å²) in [5, 5.41) is 0. The van der Waals surface area contributed by atoms with Crippen molar-refractivity contribution in [2.75, 3.05) is 6.54 Å². The fourth-order valence-electron chi connectivity index (χ4n) is 1.80. The van der Waals surface area contributed by atoms with Gasteiger partial charge in [0.05, 0.1) is 6.04 Å². The SMILES string of the molecule is CCN1C(=O)Oc2ccccc2C1C. The average molecular weight is 191 g/mol. The van der Waals surface area contributed by atoms with Crippen LogP contribution < -0.4 is 4.74 Å². The van der Waals surface area contributed by atoms with Gasteiger partial charge < -0.3 is 9.64 Å². The minimum Gasteiger partial charge on any atom is -0.410 e. The topological polar surface area (TPSA) is 29.5 Å². The largest absolute Gasteiger partial charge is 0.415 e. The molecule has 3 nitrogen and oxygen atoms in total. The maximum atomic E-state index is 11.5. The van der Waals surface area contributed by atoms with Gasteiger partial charge in [-0.2, -0.15) is 0 Å². The molecule has 14 heavy (non-hydrogen) atoms. The number of ether oxygens (including phenoxy) is 1. The van der Waals surface area contributed by atoms with E-state index in [1.807, 2.05) is 38.1 Å². The highest BCUT2D eigenvalue weighted by Gasteiger charge is 2.29. The molecule has 0 aromatic heterocycles. The highest BCUT2D eigenvalue weighted by atomic mass is 16.6. The molecular weight excluding hydrogens is 178 g/mol. The van der Waals surface area contributed by atoms with Crippen LogP contribution in [0, 0.1) is 0 Å². The van der Waals surface area contributed by atoms with Crippen LogP contribution in [-0.4, -0.2) is 17.5 Å². The lowest BCUT2D eigenvalue weighted by Gasteiger charge is -2.33. The second-order valence-electron chi connectivity index (χ2n) is 3.37. The first-order valence-corrected chi connectivity index (χ1v) is 4.81. The molecule has 0 N–H and O–H groups in total. The maximum absolute atomic E-state index is 11.5. The Kier molecular flexibility index (Phi) is 2.15. The summed E-state index contributed by atoms with van der Waals surface area (Å²) in [5.74, 6) is 0.690. The summed E-state index contributed by atoms with van der Waals surface area (Å²) >= 11 is 0. The molecule has 1 aromatic carbocycles. The Hall–Kier alpha value is -1.51. The molecule has 3 heteroatoms. The van der Waals surface area contributed by atoms with E-state index < -0.39 is 0 Å². The molecule has 0 aliphatic carbocycles. The normalized spacial score (nSPS) is 20.3. The van der Waals surface area contributed by atoms with Crippen LogP contribution >= 0.6 is 0 Å². The van der Waals surface area contributed by atoms with Crippen molar-refractivity contribution in [3.8, 4) is 5.75 Å². The van der Waals surface area contributed by atoms with Crippen molar-refractivity contribution in [3.05, 3.63) is 29.8 Å². The van der Waals surface area contributed by atoms with E-state index >= 15 is 0 Å². The van der Waals surface area contributed by atoms with Gasteiger partial charge in [-0.3, -0.25) is 0 Å². The quantitative estimate of drug-likeness (QED) is 0.682. The van der Waals surface area contributed by atoms with E-state index in [1.165, 1.54) is 0 Å². The molecule has 1 aromatic rings. The molecule has 0 saturated heterocycles. The van der Waals surface area contributed by atoms with Crippen LogP contribution in [0.25, 0.3) is 0 Å². The summed E-state index contributed by atoms with van der Waals surface area (Å²) in [6.45, 7) is 4.64. The predicted molar refractivity (Wildman–Crippen MR) is 53.3 cm³/mol. The Balaban J connectivity index is 2.43. The van der Waals surface area contributed by atoms with Crippen molar-refractivity contribution >= 4 is 6.09 Å². The van der Waals surface area contributed by atoms with Crippen molar-refractivity contribution in [1.82, 2.24) is 4.90 Å². The van der Waals surface area contributed by atoms with Crippen LogP contribution in [0.5, 0.6) is 5.75 Å². The molecule has 1 atom stereocenters. The van der Waals surface area contributed by atoms with Crippen LogP contribution in [-0.2, 0) is 0 Å². The Labute approximate surface area is 83.3 Å². The van der Waals surface area contributed by atoms with Gasteiger partial charge in [0, 0.05) is 12.1 Å². The molecule has 0 saturated carbocycles. The van der Waals surface area contributed by atoms with E-state index in [0.29, 0.717) is 12.3 Å². The fourth-order valence-corrected chi connectivity index (χ4v) is 1.80. The van der Waals surface area contributed by atoms with E-state index in [9.17, 15) is 4.79 Å². The number of hydrogen-bond donors (Lipinski definition) is 0. The zero-order chi connectivity index (χ0) is 10.1. The smallest absolute Gasteiger partial charge is 0.410 e. The third kappa shape index (κ3) is 1.25. The third-order valence-electron chi connectivity index (χ3n) is 2.61. The van der Waals surface area contributed by atoms with E-state index in [0.717, 1.165) is 5.56 Å². The molecule has 2 rings (SSSR count). The van der Waals surface area contributed by atoms with Gasteiger partial charge in [0.15, 0.2) is 0 Å². The minimum atomic E-state index is -0.251. The van der Waals surface area contributed by atoms with Crippen molar-refractivity contribution < 1.29 is 9.53 Å². The van der Waals surface area contributed by atoms with Crippen molar-refractivity contribution in [1.29, 1.82) is 0 Å². The van der Waals surface area contributed by atoms with Crippen molar-refractivity contribution in [2.45, 2.75) is 19.9 Å². The molecule has 74 valence electrons. The Morgan fingerprint density at radius 1 is 1.43 bits per heavy atom. The first kappa shape index (κ1) is 9.06. The van der Waals surface area contributed by atoms with Crippen LogP contribution in [0.2, 0.25) is 0 Å². The molecule has 0 spiro atoms. The van der Waals surface area contributed by atoms with Gasteiger partial charge in [-0.1, -0.05) is 18.2 Å². The van der Waals surface area contributed by atoms with Crippen molar-refractivity contribution in [2.24, 2.45) is 0 Å². The van der Waals surface area contributed by atoms with Gasteiger partial charge in [0.25, 0.3) is 0 Å². The van der Waals surface area contributed by atoms with Crippen LogP contribution in [0.15, 0.2) is 24.3 Å². The first-order valence-electron chi connectivity index (χ1n) is 4.81. The average Bonchev–Trinajstić information content (AvgIpc) is 2.18. The highest BCUT2D eigenvalue weighted by Crippen LogP contribution is 2.33. The summed E-state index contributed by atoms with van der Waals surface area (Å²) in [6.07, 6.45) is -0.251. The zero-order valence-electron chi connectivity index (χ0n) is 8.36. The predicted octanol–water partition coefficient (Wildman–Crippen LogP) is 2.58. The van der Waals surface area contributed by atoms with Gasteiger partial charge >= 0.3 is 6.09 Å². The minimum absolute atomic E-state index is 0.109. The standard InChI is InChI=1S/C11H13NO2/c1-3-12-8(2)9-6-4-5-7-10(9)14-11(12)13/h4-8H,3H2,1-2H3. The number of benzene rings is 1. The van der Waals surface area contributed by atoms with E-state index in [-0.39, 0.29) is 12.1 Å². The number of carbonyl (C=O) groups excluding carboxylic acids is 1. The Bertz CT molecular complexity index is 362. The lowest BCUT2D eigenvalue weighted by molar-refractivity contribution is 0.124. The molecule has 0 radical (unpaired) electrons. The first-order chi connectivity index (χ1) is 6.74. The van der Waals surface area contributed by atoms with Gasteiger partial charge in [-0.15, -0.1) is 0 Å². The van der Waals surface area contributed by atoms with Gasteiger partial charge in [-0.25, -0.2) is 4.79 Å². The van der Waals surface area contributed by atoms with E-state index in [1.54, 1.807) is 4.90 Å². The van der Waals surface area contributed by atoms with Crippen LogP contribution in [0.3, 0.4) is 0 Å². The zero-order valence-corrected chi connectivity index (χ0v) is 8.36. The fraction of sp³-hybridized carbons (Fsp3) is 0.364.